The Morgan fingerprint density at radius 1 is 1.60 bits per heavy atom. The molecule has 2 amide bonds. The summed E-state index contributed by atoms with van der Waals surface area (Å²) in [7, 11) is 0. The number of hydrogen-bond acceptors (Lipinski definition) is 4. The second kappa shape index (κ2) is 6.60. The predicted octanol–water partition coefficient (Wildman–Crippen LogP) is 1.42. The third kappa shape index (κ3) is 3.63. The number of aromatic nitrogens is 1. The van der Waals surface area contributed by atoms with Gasteiger partial charge in [0.1, 0.15) is 0 Å². The third-order valence-electron chi connectivity index (χ3n) is 3.28. The van der Waals surface area contributed by atoms with Crippen LogP contribution in [0.25, 0.3) is 0 Å². The number of pyridine rings is 1. The molecule has 0 bridgehead atoms. The first-order chi connectivity index (χ1) is 9.60. The lowest BCUT2D eigenvalue weighted by Gasteiger charge is -2.16. The van der Waals surface area contributed by atoms with Gasteiger partial charge in [0.2, 0.25) is 0 Å². The van der Waals surface area contributed by atoms with Crippen LogP contribution >= 0.6 is 11.8 Å². The summed E-state index contributed by atoms with van der Waals surface area (Å²) in [6.45, 7) is 1.20. The maximum Gasteiger partial charge on any atom is 0.317 e. The van der Waals surface area contributed by atoms with Gasteiger partial charge in [-0.3, -0.25) is 4.79 Å². The number of likely N-dealkylation sites (tertiary alicyclic amines) is 1. The topological polar surface area (TPSA) is 82.5 Å². The first kappa shape index (κ1) is 14.6. The number of nitrogens with zero attached hydrogens (tertiary/aromatic N) is 2. The Kier molecular flexibility index (Phi) is 4.84. The van der Waals surface area contributed by atoms with Gasteiger partial charge in [-0.1, -0.05) is 0 Å². The van der Waals surface area contributed by atoms with Crippen LogP contribution in [0.15, 0.2) is 23.4 Å². The highest BCUT2D eigenvalue weighted by Gasteiger charge is 2.30. The van der Waals surface area contributed by atoms with Crippen molar-refractivity contribution in [2.24, 2.45) is 5.92 Å². The quantitative estimate of drug-likeness (QED) is 0.821. The highest BCUT2D eigenvalue weighted by atomic mass is 32.2. The molecule has 0 aromatic carbocycles. The largest absolute Gasteiger partial charge is 0.481 e. The summed E-state index contributed by atoms with van der Waals surface area (Å²) < 4.78 is 0. The Morgan fingerprint density at radius 3 is 3.05 bits per heavy atom. The van der Waals surface area contributed by atoms with E-state index in [0.717, 1.165) is 10.6 Å². The molecule has 20 heavy (non-hydrogen) atoms. The molecule has 1 atom stereocenters. The molecule has 1 fully saturated rings. The van der Waals surface area contributed by atoms with Gasteiger partial charge in [0.05, 0.1) is 10.9 Å². The molecule has 0 spiro atoms. The van der Waals surface area contributed by atoms with Crippen molar-refractivity contribution in [2.75, 3.05) is 19.3 Å². The minimum atomic E-state index is -0.834. The number of carboxylic acids is 1. The van der Waals surface area contributed by atoms with Crippen LogP contribution in [0.3, 0.4) is 0 Å². The van der Waals surface area contributed by atoms with Crippen LogP contribution in [0.2, 0.25) is 0 Å². The third-order valence-corrected chi connectivity index (χ3v) is 3.92. The van der Waals surface area contributed by atoms with Gasteiger partial charge < -0.3 is 15.3 Å². The molecule has 0 radical (unpaired) electrons. The SMILES string of the molecule is CSc1cc(CNC(=O)N2CCC(C(=O)O)C2)ccn1. The second-order valence-electron chi connectivity index (χ2n) is 4.64. The molecule has 2 rings (SSSR count). The van der Waals surface area contributed by atoms with Crippen molar-refractivity contribution in [3.63, 3.8) is 0 Å². The van der Waals surface area contributed by atoms with Crippen molar-refractivity contribution in [1.29, 1.82) is 0 Å². The summed E-state index contributed by atoms with van der Waals surface area (Å²) in [6.07, 6.45) is 4.18. The number of carbonyl (C=O) groups excluding carboxylic acids is 1. The zero-order valence-corrected chi connectivity index (χ0v) is 12.0. The number of urea groups is 1. The number of carbonyl (C=O) groups is 2. The first-order valence-corrected chi connectivity index (χ1v) is 7.57. The Labute approximate surface area is 121 Å². The molecule has 6 nitrogen and oxygen atoms in total. The highest BCUT2D eigenvalue weighted by molar-refractivity contribution is 7.98. The Bertz CT molecular complexity index is 509. The Hall–Kier alpha value is -1.76. The van der Waals surface area contributed by atoms with Gasteiger partial charge in [0.15, 0.2) is 0 Å². The molecular formula is C13H17N3O3S. The molecule has 1 aromatic rings. The average molecular weight is 295 g/mol. The van der Waals surface area contributed by atoms with Gasteiger partial charge in [0.25, 0.3) is 0 Å². The number of hydrogen-bond donors (Lipinski definition) is 2. The summed E-state index contributed by atoms with van der Waals surface area (Å²) in [5.41, 5.74) is 0.978. The fourth-order valence-electron chi connectivity index (χ4n) is 2.11. The maximum absolute atomic E-state index is 11.9. The smallest absolute Gasteiger partial charge is 0.317 e. The predicted molar refractivity (Wildman–Crippen MR) is 75.6 cm³/mol. The minimum absolute atomic E-state index is 0.212. The van der Waals surface area contributed by atoms with Gasteiger partial charge >= 0.3 is 12.0 Å². The van der Waals surface area contributed by atoms with Gasteiger partial charge in [0, 0.05) is 25.8 Å². The van der Waals surface area contributed by atoms with E-state index in [1.807, 2.05) is 18.4 Å². The van der Waals surface area contributed by atoms with E-state index in [-0.39, 0.29) is 12.6 Å². The van der Waals surface area contributed by atoms with E-state index in [1.54, 1.807) is 22.9 Å². The van der Waals surface area contributed by atoms with Crippen LogP contribution in [0, 0.1) is 5.92 Å². The van der Waals surface area contributed by atoms with Crippen LogP contribution in [0.4, 0.5) is 4.79 Å². The van der Waals surface area contributed by atoms with Crippen LogP contribution in [0.1, 0.15) is 12.0 Å². The van der Waals surface area contributed by atoms with Crippen molar-refractivity contribution in [3.05, 3.63) is 23.9 Å². The van der Waals surface area contributed by atoms with Crippen molar-refractivity contribution >= 4 is 23.8 Å². The lowest BCUT2D eigenvalue weighted by Crippen LogP contribution is -2.38. The molecule has 2 N–H and O–H groups in total. The van der Waals surface area contributed by atoms with Gasteiger partial charge in [-0.2, -0.15) is 0 Å². The number of amides is 2. The van der Waals surface area contributed by atoms with E-state index in [9.17, 15) is 9.59 Å². The maximum atomic E-state index is 11.9. The van der Waals surface area contributed by atoms with E-state index < -0.39 is 11.9 Å². The van der Waals surface area contributed by atoms with Crippen LogP contribution < -0.4 is 5.32 Å². The van der Waals surface area contributed by atoms with Crippen molar-refractivity contribution < 1.29 is 14.7 Å². The molecule has 1 saturated heterocycles. The van der Waals surface area contributed by atoms with Crippen LogP contribution in [-0.4, -0.2) is 46.3 Å². The zero-order chi connectivity index (χ0) is 14.5. The minimum Gasteiger partial charge on any atom is -0.481 e. The molecule has 108 valence electrons. The standard InChI is InChI=1S/C13H17N3O3S/c1-20-11-6-9(2-4-14-11)7-15-13(19)16-5-3-10(8-16)12(17)18/h2,4,6,10H,3,5,7-8H2,1H3,(H,15,19)(H,17,18). The van der Waals surface area contributed by atoms with E-state index in [1.165, 1.54) is 0 Å². The number of thioether (sulfide) groups is 1. The van der Waals surface area contributed by atoms with E-state index in [0.29, 0.717) is 19.5 Å². The zero-order valence-electron chi connectivity index (χ0n) is 11.2. The van der Waals surface area contributed by atoms with Crippen molar-refractivity contribution in [1.82, 2.24) is 15.2 Å². The normalized spacial score (nSPS) is 18.1. The van der Waals surface area contributed by atoms with E-state index in [4.69, 9.17) is 5.11 Å². The lowest BCUT2D eigenvalue weighted by atomic mass is 10.1. The number of nitrogens with one attached hydrogen (secondary N) is 1. The van der Waals surface area contributed by atoms with Crippen molar-refractivity contribution in [2.45, 2.75) is 18.0 Å². The fraction of sp³-hybridized carbons (Fsp3) is 0.462. The van der Waals surface area contributed by atoms with Crippen LogP contribution in [0.5, 0.6) is 0 Å². The van der Waals surface area contributed by atoms with Crippen LogP contribution in [-0.2, 0) is 11.3 Å². The van der Waals surface area contributed by atoms with Gasteiger partial charge in [-0.15, -0.1) is 11.8 Å². The second-order valence-corrected chi connectivity index (χ2v) is 5.46. The summed E-state index contributed by atoms with van der Waals surface area (Å²) in [5, 5.41) is 12.6. The molecule has 1 aliphatic heterocycles. The summed E-state index contributed by atoms with van der Waals surface area (Å²) in [5.74, 6) is -1.27. The molecule has 2 heterocycles. The number of carboxylic acid groups (broad SMARTS) is 1. The average Bonchev–Trinajstić information content (AvgIpc) is 2.95. The molecule has 7 heteroatoms. The van der Waals surface area contributed by atoms with Gasteiger partial charge in [-0.25, -0.2) is 9.78 Å². The molecule has 0 aliphatic carbocycles. The van der Waals surface area contributed by atoms with E-state index >= 15 is 0 Å². The number of rotatable bonds is 4. The molecule has 0 saturated carbocycles. The highest BCUT2D eigenvalue weighted by Crippen LogP contribution is 2.16. The molecular weight excluding hydrogens is 278 g/mol. The Morgan fingerprint density at radius 2 is 2.40 bits per heavy atom. The molecule has 1 aliphatic rings. The summed E-state index contributed by atoms with van der Waals surface area (Å²) in [6, 6.07) is 3.57. The molecule has 1 aromatic heterocycles. The monoisotopic (exact) mass is 295 g/mol. The Balaban J connectivity index is 1.85. The fourth-order valence-corrected chi connectivity index (χ4v) is 2.54. The lowest BCUT2D eigenvalue weighted by molar-refractivity contribution is -0.141. The molecule has 1 unspecified atom stereocenters. The van der Waals surface area contributed by atoms with Crippen molar-refractivity contribution in [3.8, 4) is 0 Å². The first-order valence-electron chi connectivity index (χ1n) is 6.34. The van der Waals surface area contributed by atoms with E-state index in [2.05, 4.69) is 10.3 Å². The number of aliphatic carboxylic acids is 1. The van der Waals surface area contributed by atoms with Gasteiger partial charge in [-0.05, 0) is 30.4 Å². The summed E-state index contributed by atoms with van der Waals surface area (Å²) in [4.78, 5) is 28.5. The summed E-state index contributed by atoms with van der Waals surface area (Å²) >= 11 is 1.55.